The lowest BCUT2D eigenvalue weighted by Crippen LogP contribution is -2.50. The van der Waals surface area contributed by atoms with Crippen molar-refractivity contribution in [3.8, 4) is 0 Å². The van der Waals surface area contributed by atoms with Gasteiger partial charge in [-0.25, -0.2) is 8.42 Å². The summed E-state index contributed by atoms with van der Waals surface area (Å²) in [6.07, 6.45) is 1.11. The Hall–Kier alpha value is -0.570. The van der Waals surface area contributed by atoms with E-state index in [4.69, 9.17) is 23.2 Å². The first-order valence-corrected chi connectivity index (χ1v) is 9.43. The molecule has 110 valence electrons. The van der Waals surface area contributed by atoms with Crippen molar-refractivity contribution in [3.63, 3.8) is 0 Å². The van der Waals surface area contributed by atoms with Crippen molar-refractivity contribution in [3.05, 3.63) is 21.9 Å². The minimum atomic E-state index is -3.38. The molecule has 0 spiro atoms. The molecule has 1 saturated heterocycles. The van der Waals surface area contributed by atoms with Crippen LogP contribution in [0.5, 0.6) is 0 Å². The lowest BCUT2D eigenvalue weighted by molar-refractivity contribution is 0.0749. The summed E-state index contributed by atoms with van der Waals surface area (Å²) in [6.45, 7) is 0.331. The van der Waals surface area contributed by atoms with Crippen LogP contribution < -0.4 is 0 Å². The van der Waals surface area contributed by atoms with E-state index in [0.717, 1.165) is 6.26 Å². The second kappa shape index (κ2) is 6.05. The van der Waals surface area contributed by atoms with Gasteiger partial charge in [0.1, 0.15) is 5.37 Å². The molecule has 10 heteroatoms. The van der Waals surface area contributed by atoms with Gasteiger partial charge in [0, 0.05) is 24.3 Å². The molecule has 1 aromatic rings. The highest BCUT2D eigenvalue weighted by atomic mass is 35.5. The molecule has 1 aliphatic heterocycles. The molecule has 1 amide bonds. The maximum atomic E-state index is 12.5. The van der Waals surface area contributed by atoms with Crippen LogP contribution in [-0.2, 0) is 9.84 Å². The first kappa shape index (κ1) is 15.8. The van der Waals surface area contributed by atoms with Gasteiger partial charge >= 0.3 is 0 Å². The van der Waals surface area contributed by atoms with E-state index < -0.39 is 21.1 Å². The highest BCUT2D eigenvalue weighted by Crippen LogP contribution is 2.25. The Kier molecular flexibility index (Phi) is 4.78. The molecular formula is C10H11Cl2N3O3S2. The molecule has 20 heavy (non-hydrogen) atoms. The summed E-state index contributed by atoms with van der Waals surface area (Å²) < 4.78 is 23.6. The molecule has 6 nitrogen and oxygen atoms in total. The van der Waals surface area contributed by atoms with Gasteiger partial charge < -0.3 is 4.90 Å². The normalized spacial score (nSPS) is 19.9. The molecule has 0 saturated carbocycles. The Morgan fingerprint density at radius 1 is 1.45 bits per heavy atom. The van der Waals surface area contributed by atoms with Crippen LogP contribution in [0, 0.1) is 0 Å². The van der Waals surface area contributed by atoms with Crippen LogP contribution in [0.25, 0.3) is 0 Å². The topological polar surface area (TPSA) is 80.2 Å². The van der Waals surface area contributed by atoms with Gasteiger partial charge in [0.2, 0.25) is 0 Å². The third-order valence-corrected chi connectivity index (χ3v) is 5.90. The summed E-state index contributed by atoms with van der Waals surface area (Å²) in [6, 6.07) is 1.29. The SMILES string of the molecule is CS(=O)(=O)C1CSCCN1C(=O)c1cc(Cl)nnc1Cl. The summed E-state index contributed by atoms with van der Waals surface area (Å²) in [5.74, 6) is 0.512. The number of rotatable bonds is 2. The Bertz CT molecular complexity index is 639. The van der Waals surface area contributed by atoms with Crippen LogP contribution in [0.1, 0.15) is 10.4 Å². The third kappa shape index (κ3) is 3.36. The number of carbonyl (C=O) groups excluding carboxylic acids is 1. The first-order valence-electron chi connectivity index (χ1n) is 5.57. The molecule has 0 aliphatic carbocycles. The zero-order chi connectivity index (χ0) is 14.9. The second-order valence-corrected chi connectivity index (χ2v) is 8.33. The standard InChI is InChI=1S/C10H11Cl2N3O3S2/c1-20(17,18)8-5-19-3-2-15(8)10(16)6-4-7(11)13-14-9(6)12/h4,8H,2-3,5H2,1H3. The maximum absolute atomic E-state index is 12.5. The fourth-order valence-electron chi connectivity index (χ4n) is 1.83. The fourth-order valence-corrected chi connectivity index (χ4v) is 4.96. The van der Waals surface area contributed by atoms with E-state index in [9.17, 15) is 13.2 Å². The third-order valence-electron chi connectivity index (χ3n) is 2.79. The van der Waals surface area contributed by atoms with Crippen LogP contribution >= 0.6 is 35.0 Å². The van der Waals surface area contributed by atoms with Crippen molar-refractivity contribution in [2.24, 2.45) is 0 Å². The zero-order valence-corrected chi connectivity index (χ0v) is 13.6. The van der Waals surface area contributed by atoms with Gasteiger partial charge in [-0.15, -0.1) is 10.2 Å². The Labute approximate surface area is 130 Å². The highest BCUT2D eigenvalue weighted by Gasteiger charge is 2.35. The van der Waals surface area contributed by atoms with E-state index in [1.54, 1.807) is 0 Å². The number of hydrogen-bond donors (Lipinski definition) is 0. The molecular weight excluding hydrogens is 345 g/mol. The van der Waals surface area contributed by atoms with Crippen LogP contribution in [0.2, 0.25) is 10.3 Å². The maximum Gasteiger partial charge on any atom is 0.258 e. The average molecular weight is 356 g/mol. The second-order valence-electron chi connectivity index (χ2n) is 4.23. The fraction of sp³-hybridized carbons (Fsp3) is 0.500. The zero-order valence-electron chi connectivity index (χ0n) is 10.4. The van der Waals surface area contributed by atoms with Gasteiger partial charge in [-0.3, -0.25) is 4.79 Å². The van der Waals surface area contributed by atoms with Crippen LogP contribution in [0.3, 0.4) is 0 Å². The van der Waals surface area contributed by atoms with Crippen molar-refractivity contribution >= 4 is 50.7 Å². The molecule has 1 unspecified atom stereocenters. The van der Waals surface area contributed by atoms with E-state index in [-0.39, 0.29) is 15.9 Å². The van der Waals surface area contributed by atoms with Crippen molar-refractivity contribution < 1.29 is 13.2 Å². The predicted molar refractivity (Wildman–Crippen MR) is 79.0 cm³/mol. The number of nitrogens with zero attached hydrogens (tertiary/aromatic N) is 3. The summed E-state index contributed by atoms with van der Waals surface area (Å²) in [5.41, 5.74) is 0.0622. The molecule has 0 radical (unpaired) electrons. The van der Waals surface area contributed by atoms with Gasteiger partial charge in [-0.05, 0) is 6.07 Å². The van der Waals surface area contributed by atoms with E-state index in [1.807, 2.05) is 0 Å². The number of halogens is 2. The summed E-state index contributed by atoms with van der Waals surface area (Å²) in [4.78, 5) is 13.8. The molecule has 0 N–H and O–H groups in total. The average Bonchev–Trinajstić information content (AvgIpc) is 2.40. The first-order chi connectivity index (χ1) is 9.30. The number of hydrogen-bond acceptors (Lipinski definition) is 6. The molecule has 0 aromatic carbocycles. The van der Waals surface area contributed by atoms with E-state index in [1.165, 1.54) is 22.7 Å². The lowest BCUT2D eigenvalue weighted by Gasteiger charge is -2.34. The Balaban J connectivity index is 2.37. The molecule has 1 fully saturated rings. The van der Waals surface area contributed by atoms with Crippen molar-refractivity contribution in [2.45, 2.75) is 5.37 Å². The van der Waals surface area contributed by atoms with Crippen LogP contribution in [0.4, 0.5) is 0 Å². The minimum absolute atomic E-state index is 0.0278. The molecule has 2 rings (SSSR count). The number of aromatic nitrogens is 2. The quantitative estimate of drug-likeness (QED) is 0.796. The number of carbonyl (C=O) groups is 1. The molecule has 0 bridgehead atoms. The minimum Gasteiger partial charge on any atom is -0.320 e. The number of sulfone groups is 1. The Morgan fingerprint density at radius 2 is 2.15 bits per heavy atom. The van der Waals surface area contributed by atoms with Gasteiger partial charge in [0.05, 0.1) is 5.56 Å². The number of thioether (sulfide) groups is 1. The van der Waals surface area contributed by atoms with Gasteiger partial charge in [0.25, 0.3) is 5.91 Å². The van der Waals surface area contributed by atoms with Gasteiger partial charge in [-0.1, -0.05) is 23.2 Å². The Morgan fingerprint density at radius 3 is 2.80 bits per heavy atom. The van der Waals surface area contributed by atoms with Crippen LogP contribution in [-0.4, -0.2) is 59.1 Å². The van der Waals surface area contributed by atoms with Crippen molar-refractivity contribution in [1.29, 1.82) is 0 Å². The predicted octanol–water partition coefficient (Wildman–Crippen LogP) is 1.34. The van der Waals surface area contributed by atoms with E-state index in [2.05, 4.69) is 10.2 Å². The monoisotopic (exact) mass is 355 g/mol. The lowest BCUT2D eigenvalue weighted by atomic mass is 10.2. The van der Waals surface area contributed by atoms with Gasteiger partial charge in [-0.2, -0.15) is 11.8 Å². The van der Waals surface area contributed by atoms with Gasteiger partial charge in [0.15, 0.2) is 20.1 Å². The summed E-state index contributed by atoms with van der Waals surface area (Å²) in [5, 5.41) is 6.16. The van der Waals surface area contributed by atoms with Crippen molar-refractivity contribution in [1.82, 2.24) is 15.1 Å². The largest absolute Gasteiger partial charge is 0.320 e. The smallest absolute Gasteiger partial charge is 0.258 e. The van der Waals surface area contributed by atoms with Crippen molar-refractivity contribution in [2.75, 3.05) is 24.3 Å². The summed E-state index contributed by atoms with van der Waals surface area (Å²) in [7, 11) is -3.38. The molecule has 2 heterocycles. The molecule has 1 aromatic heterocycles. The molecule has 1 atom stereocenters. The van der Waals surface area contributed by atoms with E-state index >= 15 is 0 Å². The summed E-state index contributed by atoms with van der Waals surface area (Å²) >= 11 is 13.0. The molecule has 1 aliphatic rings. The van der Waals surface area contributed by atoms with E-state index in [0.29, 0.717) is 18.1 Å². The number of amides is 1. The van der Waals surface area contributed by atoms with Crippen LogP contribution in [0.15, 0.2) is 6.07 Å². The highest BCUT2D eigenvalue weighted by molar-refractivity contribution is 8.00.